The molecule has 2 N–H and O–H groups in total. The first-order chi connectivity index (χ1) is 15.7. The molecule has 33 heavy (non-hydrogen) atoms. The first-order valence-corrected chi connectivity index (χ1v) is 11.2. The fourth-order valence-corrected chi connectivity index (χ4v) is 4.95. The molecule has 8 nitrogen and oxygen atoms in total. The zero-order chi connectivity index (χ0) is 23.4. The number of hydrogen-bond donors (Lipinski definition) is 2. The molecule has 10 heteroatoms. The van der Waals surface area contributed by atoms with Crippen LogP contribution in [0.4, 0.5) is 21.6 Å². The van der Waals surface area contributed by atoms with Gasteiger partial charge in [0.2, 0.25) is 5.91 Å². The van der Waals surface area contributed by atoms with Gasteiger partial charge in [0.25, 0.3) is 0 Å². The van der Waals surface area contributed by atoms with E-state index in [-0.39, 0.29) is 5.91 Å². The van der Waals surface area contributed by atoms with E-state index in [1.54, 1.807) is 24.0 Å². The van der Waals surface area contributed by atoms with Gasteiger partial charge < -0.3 is 15.5 Å². The molecule has 0 radical (unpaired) electrons. The lowest BCUT2D eigenvalue weighted by Gasteiger charge is -2.37. The minimum absolute atomic E-state index is 0.239. The van der Waals surface area contributed by atoms with Gasteiger partial charge in [-0.25, -0.2) is 4.39 Å². The number of rotatable bonds is 3. The number of aryl methyl sites for hydroxylation is 1. The minimum Gasteiger partial charge on any atom is -0.368 e. The van der Waals surface area contributed by atoms with Crippen LogP contribution in [0.25, 0.3) is 21.8 Å². The number of nitrogens with zero attached hydrogens (tertiary/aromatic N) is 5. The zero-order valence-electron chi connectivity index (χ0n) is 18.9. The third kappa shape index (κ3) is 3.91. The van der Waals surface area contributed by atoms with Gasteiger partial charge in [-0.1, -0.05) is 11.6 Å². The molecular weight excluding hydrogens is 445 g/mol. The third-order valence-corrected chi connectivity index (χ3v) is 6.18. The second-order valence-electron chi connectivity index (χ2n) is 8.80. The maximum atomic E-state index is 14.6. The Labute approximate surface area is 195 Å². The van der Waals surface area contributed by atoms with Crippen LogP contribution in [0.1, 0.15) is 25.6 Å². The molecule has 0 amide bonds. The van der Waals surface area contributed by atoms with Crippen molar-refractivity contribution in [2.75, 3.05) is 23.3 Å². The number of anilines is 3. The van der Waals surface area contributed by atoms with Crippen LogP contribution in [0, 0.1) is 5.82 Å². The summed E-state index contributed by atoms with van der Waals surface area (Å²) in [6.45, 7) is 7.39. The van der Waals surface area contributed by atoms with Crippen molar-refractivity contribution in [2.45, 2.75) is 32.9 Å². The van der Waals surface area contributed by atoms with E-state index in [9.17, 15) is 9.18 Å². The zero-order valence-corrected chi connectivity index (χ0v) is 19.6. The van der Waals surface area contributed by atoms with Crippen molar-refractivity contribution >= 4 is 56.5 Å². The molecule has 2 aromatic carbocycles. The predicted octanol–water partition coefficient (Wildman–Crippen LogP) is 4.31. The summed E-state index contributed by atoms with van der Waals surface area (Å²) < 4.78 is 17.5. The van der Waals surface area contributed by atoms with Crippen molar-refractivity contribution in [3.05, 3.63) is 41.3 Å². The molecule has 0 saturated carbocycles. The fraction of sp³-hybridized carbons (Fsp3) is 0.348. The maximum Gasteiger partial charge on any atom is 0.244 e. The molecule has 1 saturated heterocycles. The van der Waals surface area contributed by atoms with Gasteiger partial charge in [0.15, 0.2) is 11.6 Å². The molecule has 1 aliphatic rings. The van der Waals surface area contributed by atoms with Crippen LogP contribution in [0.3, 0.4) is 0 Å². The van der Waals surface area contributed by atoms with Gasteiger partial charge >= 0.3 is 0 Å². The average molecular weight is 470 g/mol. The molecule has 172 valence electrons. The van der Waals surface area contributed by atoms with Crippen LogP contribution in [0.15, 0.2) is 30.5 Å². The normalized spacial score (nSPS) is 18.9. The lowest BCUT2D eigenvalue weighted by Crippen LogP contribution is -2.54. The van der Waals surface area contributed by atoms with Crippen molar-refractivity contribution in [1.82, 2.24) is 24.9 Å². The highest BCUT2D eigenvalue weighted by Gasteiger charge is 2.24. The molecule has 0 bridgehead atoms. The first-order valence-electron chi connectivity index (χ1n) is 10.8. The number of benzene rings is 2. The van der Waals surface area contributed by atoms with E-state index >= 15 is 0 Å². The monoisotopic (exact) mass is 469 g/mol. The second-order valence-corrected chi connectivity index (χ2v) is 9.21. The van der Waals surface area contributed by atoms with Crippen LogP contribution in [-0.2, 0) is 7.05 Å². The highest BCUT2D eigenvalue weighted by molar-refractivity contribution is 6.37. The van der Waals surface area contributed by atoms with Gasteiger partial charge in [-0.15, -0.1) is 5.10 Å². The molecule has 0 spiro atoms. The summed E-state index contributed by atoms with van der Waals surface area (Å²) in [6.07, 6.45) is 1.74. The van der Waals surface area contributed by atoms with Crippen molar-refractivity contribution in [1.29, 1.82) is 0 Å². The molecule has 5 rings (SSSR count). The molecule has 2 unspecified atom stereocenters. The van der Waals surface area contributed by atoms with E-state index in [2.05, 4.69) is 39.6 Å². The number of nitrogens with one attached hydrogen (secondary N) is 2. The number of hydrogen-bond acceptors (Lipinski definition) is 6. The van der Waals surface area contributed by atoms with Gasteiger partial charge in [-0.2, -0.15) is 9.78 Å². The summed E-state index contributed by atoms with van der Waals surface area (Å²) in [6, 6.07) is 7.65. The molecule has 3 heterocycles. The topological polar surface area (TPSA) is 80.0 Å². The summed E-state index contributed by atoms with van der Waals surface area (Å²) in [5, 5.41) is 17.0. The number of halogens is 2. The summed E-state index contributed by atoms with van der Waals surface area (Å²) in [7, 11) is 1.74. The molecule has 2 aromatic heterocycles. The molecular formula is C23H25ClFN7O. The quantitative estimate of drug-likeness (QED) is 0.465. The van der Waals surface area contributed by atoms with Crippen molar-refractivity contribution in [2.24, 2.45) is 7.05 Å². The minimum atomic E-state index is -0.443. The van der Waals surface area contributed by atoms with Crippen LogP contribution < -0.4 is 15.5 Å². The largest absolute Gasteiger partial charge is 0.368 e. The van der Waals surface area contributed by atoms with E-state index < -0.39 is 5.82 Å². The Kier molecular flexibility index (Phi) is 5.25. The van der Waals surface area contributed by atoms with Crippen molar-refractivity contribution < 1.29 is 9.18 Å². The van der Waals surface area contributed by atoms with E-state index in [1.165, 1.54) is 17.7 Å². The van der Waals surface area contributed by atoms with E-state index in [4.69, 9.17) is 11.6 Å². The predicted molar refractivity (Wildman–Crippen MR) is 129 cm³/mol. The number of carbonyl (C=O) groups excluding carboxylic acids is 1. The second kappa shape index (κ2) is 8.00. The van der Waals surface area contributed by atoms with Gasteiger partial charge in [0.1, 0.15) is 5.52 Å². The molecule has 0 aliphatic carbocycles. The number of carbonyl (C=O) groups is 1. The van der Waals surface area contributed by atoms with E-state index in [1.807, 2.05) is 12.1 Å². The lowest BCUT2D eigenvalue weighted by atomic mass is 10.1. The highest BCUT2D eigenvalue weighted by Crippen LogP contribution is 2.37. The smallest absolute Gasteiger partial charge is 0.244 e. The third-order valence-electron chi connectivity index (χ3n) is 5.88. The molecule has 1 fully saturated rings. The summed E-state index contributed by atoms with van der Waals surface area (Å²) >= 11 is 6.74. The SMILES string of the molecule is CC(=O)n1nc(Nc2cc(F)c3nn(C)cc3c2)c2c(Cl)cc(N3CC(C)NC(C)C3)cc21. The molecule has 1 aliphatic heterocycles. The summed E-state index contributed by atoms with van der Waals surface area (Å²) in [4.78, 5) is 14.7. The first kappa shape index (κ1) is 21.7. The Hall–Kier alpha value is -3.17. The number of piperazine rings is 1. The number of aromatic nitrogens is 4. The fourth-order valence-electron chi connectivity index (χ4n) is 4.65. The average Bonchev–Trinajstić information content (AvgIpc) is 3.28. The standard InChI is InChI=1S/C23H25ClFN7O/c1-12-9-31(10-13(2)26-12)17-7-18(24)21-20(8-17)32(14(3)33)29-23(21)27-16-5-15-11-30(4)28-22(15)19(25)6-16/h5-8,11-13,26H,9-10H2,1-4H3,(H,27,29). The summed E-state index contributed by atoms with van der Waals surface area (Å²) in [5.41, 5.74) is 2.33. The van der Waals surface area contributed by atoms with Gasteiger partial charge in [0, 0.05) is 62.1 Å². The number of fused-ring (bicyclic) bond motifs is 2. The van der Waals surface area contributed by atoms with Crippen LogP contribution in [0.2, 0.25) is 5.02 Å². The Morgan fingerprint density at radius 1 is 1.18 bits per heavy atom. The van der Waals surface area contributed by atoms with Crippen molar-refractivity contribution in [3.8, 4) is 0 Å². The highest BCUT2D eigenvalue weighted by atomic mass is 35.5. The Bertz CT molecular complexity index is 1380. The van der Waals surface area contributed by atoms with Crippen LogP contribution in [0.5, 0.6) is 0 Å². The van der Waals surface area contributed by atoms with Crippen LogP contribution in [-0.4, -0.2) is 50.6 Å². The lowest BCUT2D eigenvalue weighted by molar-refractivity contribution is 0.0927. The molecule has 2 atom stereocenters. The van der Waals surface area contributed by atoms with Gasteiger partial charge in [-0.05, 0) is 38.1 Å². The summed E-state index contributed by atoms with van der Waals surface area (Å²) in [5.74, 6) is -0.292. The van der Waals surface area contributed by atoms with Crippen molar-refractivity contribution in [3.63, 3.8) is 0 Å². The van der Waals surface area contributed by atoms with Gasteiger partial charge in [-0.3, -0.25) is 9.48 Å². The van der Waals surface area contributed by atoms with E-state index in [0.717, 1.165) is 18.8 Å². The van der Waals surface area contributed by atoms with E-state index in [0.29, 0.717) is 50.4 Å². The van der Waals surface area contributed by atoms with Gasteiger partial charge in [0.05, 0.1) is 15.9 Å². The molecule has 4 aromatic rings. The Morgan fingerprint density at radius 2 is 1.91 bits per heavy atom. The maximum absolute atomic E-state index is 14.6. The Balaban J connectivity index is 1.59. The van der Waals surface area contributed by atoms with Crippen LogP contribution >= 0.6 is 11.6 Å². The Morgan fingerprint density at radius 3 is 2.61 bits per heavy atom.